The van der Waals surface area contributed by atoms with Gasteiger partial charge in [0.05, 0.1) is 6.04 Å². The fraction of sp³-hybridized carbons (Fsp3) is 0.423. The third-order valence-electron chi connectivity index (χ3n) is 7.77. The Balaban J connectivity index is 1.38. The SMILES string of the molecule is CN(C1CCC(c2ccccc2)(N(C)C)CC1)C(Cc1c[nH]c2ccccc12)c1nn[nH]n1. The van der Waals surface area contributed by atoms with Crippen LogP contribution in [0.3, 0.4) is 0 Å². The van der Waals surface area contributed by atoms with E-state index >= 15 is 0 Å². The van der Waals surface area contributed by atoms with Crippen LogP contribution in [0.1, 0.15) is 48.7 Å². The van der Waals surface area contributed by atoms with Crippen molar-refractivity contribution in [2.45, 2.75) is 49.7 Å². The second-order valence-electron chi connectivity index (χ2n) is 9.54. The molecule has 2 N–H and O–H groups in total. The molecule has 0 saturated heterocycles. The number of rotatable bonds is 7. The average molecular weight is 444 g/mol. The quantitative estimate of drug-likeness (QED) is 0.445. The third-order valence-corrected chi connectivity index (χ3v) is 7.77. The molecule has 1 atom stereocenters. The first-order valence-electron chi connectivity index (χ1n) is 11.8. The molecule has 2 heterocycles. The number of aromatic amines is 2. The molecule has 7 heteroatoms. The molecule has 2 aromatic carbocycles. The van der Waals surface area contributed by atoms with E-state index in [2.05, 4.69) is 117 Å². The monoisotopic (exact) mass is 443 g/mol. The van der Waals surface area contributed by atoms with E-state index in [1.165, 1.54) is 22.0 Å². The number of nitrogens with one attached hydrogen (secondary N) is 2. The molecule has 172 valence electrons. The van der Waals surface area contributed by atoms with Gasteiger partial charge in [0.15, 0.2) is 5.82 Å². The van der Waals surface area contributed by atoms with E-state index in [-0.39, 0.29) is 11.6 Å². The van der Waals surface area contributed by atoms with Crippen LogP contribution in [-0.4, -0.2) is 62.6 Å². The molecular weight excluding hydrogens is 410 g/mol. The summed E-state index contributed by atoms with van der Waals surface area (Å²) >= 11 is 0. The van der Waals surface area contributed by atoms with Gasteiger partial charge in [-0.3, -0.25) is 9.80 Å². The van der Waals surface area contributed by atoms with Crippen LogP contribution in [0.5, 0.6) is 0 Å². The van der Waals surface area contributed by atoms with Crippen LogP contribution in [0.15, 0.2) is 60.8 Å². The molecule has 1 saturated carbocycles. The van der Waals surface area contributed by atoms with Crippen molar-refractivity contribution in [2.75, 3.05) is 21.1 Å². The summed E-state index contributed by atoms with van der Waals surface area (Å²) in [5.41, 5.74) is 3.97. The van der Waals surface area contributed by atoms with Crippen molar-refractivity contribution in [1.82, 2.24) is 35.4 Å². The van der Waals surface area contributed by atoms with Crippen molar-refractivity contribution >= 4 is 10.9 Å². The smallest absolute Gasteiger partial charge is 0.191 e. The average Bonchev–Trinajstić information content (AvgIpc) is 3.53. The van der Waals surface area contributed by atoms with Crippen molar-refractivity contribution in [1.29, 1.82) is 0 Å². The van der Waals surface area contributed by atoms with Gasteiger partial charge in [0, 0.05) is 28.7 Å². The minimum Gasteiger partial charge on any atom is -0.361 e. The largest absolute Gasteiger partial charge is 0.361 e. The molecule has 4 aromatic rings. The van der Waals surface area contributed by atoms with Crippen molar-refractivity contribution in [2.24, 2.45) is 0 Å². The Kier molecular flexibility index (Phi) is 6.00. The maximum atomic E-state index is 4.39. The number of nitrogens with zero attached hydrogens (tertiary/aromatic N) is 5. The molecule has 1 unspecified atom stereocenters. The van der Waals surface area contributed by atoms with Crippen LogP contribution in [-0.2, 0) is 12.0 Å². The van der Waals surface area contributed by atoms with Gasteiger partial charge < -0.3 is 4.98 Å². The Morgan fingerprint density at radius 2 is 1.73 bits per heavy atom. The van der Waals surface area contributed by atoms with Gasteiger partial charge in [-0.1, -0.05) is 53.7 Å². The van der Waals surface area contributed by atoms with Crippen LogP contribution in [0.2, 0.25) is 0 Å². The highest BCUT2D eigenvalue weighted by atomic mass is 15.5. The summed E-state index contributed by atoms with van der Waals surface area (Å²) < 4.78 is 0. The Bertz CT molecular complexity index is 1160. The summed E-state index contributed by atoms with van der Waals surface area (Å²) in [5.74, 6) is 0.760. The zero-order chi connectivity index (χ0) is 22.8. The molecule has 0 amide bonds. The van der Waals surface area contributed by atoms with Crippen LogP contribution in [0.25, 0.3) is 10.9 Å². The lowest BCUT2D eigenvalue weighted by Crippen LogP contribution is -2.48. The number of tetrazole rings is 1. The van der Waals surface area contributed by atoms with Crippen molar-refractivity contribution in [3.8, 4) is 0 Å². The first-order chi connectivity index (χ1) is 16.1. The summed E-state index contributed by atoms with van der Waals surface area (Å²) in [6.45, 7) is 0. The topological polar surface area (TPSA) is 76.7 Å². The normalized spacial score (nSPS) is 22.3. The molecule has 0 spiro atoms. The maximum absolute atomic E-state index is 4.39. The molecule has 33 heavy (non-hydrogen) atoms. The second-order valence-corrected chi connectivity index (χ2v) is 9.54. The Hall–Kier alpha value is -3.03. The van der Waals surface area contributed by atoms with E-state index in [4.69, 9.17) is 0 Å². The molecule has 0 radical (unpaired) electrons. The lowest BCUT2D eigenvalue weighted by molar-refractivity contribution is 0.0418. The maximum Gasteiger partial charge on any atom is 0.191 e. The van der Waals surface area contributed by atoms with E-state index in [9.17, 15) is 0 Å². The van der Waals surface area contributed by atoms with E-state index < -0.39 is 0 Å². The van der Waals surface area contributed by atoms with Gasteiger partial charge in [0.25, 0.3) is 0 Å². The zero-order valence-electron chi connectivity index (χ0n) is 19.7. The number of hydrogen-bond donors (Lipinski definition) is 2. The summed E-state index contributed by atoms with van der Waals surface area (Å²) in [5, 5.41) is 16.6. The van der Waals surface area contributed by atoms with Gasteiger partial charge in [-0.15, -0.1) is 10.2 Å². The van der Waals surface area contributed by atoms with Gasteiger partial charge >= 0.3 is 0 Å². The zero-order valence-corrected chi connectivity index (χ0v) is 19.7. The molecule has 2 aromatic heterocycles. The Morgan fingerprint density at radius 1 is 1.00 bits per heavy atom. The van der Waals surface area contributed by atoms with Gasteiger partial charge in [-0.05, 0) is 70.4 Å². The number of H-pyrrole nitrogens is 2. The first kappa shape index (κ1) is 21.8. The fourth-order valence-corrected chi connectivity index (χ4v) is 5.72. The summed E-state index contributed by atoms with van der Waals surface area (Å²) in [6.07, 6.45) is 7.49. The molecule has 1 aliphatic rings. The van der Waals surface area contributed by atoms with Crippen LogP contribution in [0, 0.1) is 0 Å². The minimum atomic E-state index is 0.0662. The summed E-state index contributed by atoms with van der Waals surface area (Å²) in [7, 11) is 6.66. The van der Waals surface area contributed by atoms with E-state index in [1.54, 1.807) is 0 Å². The number of para-hydroxylation sites is 1. The van der Waals surface area contributed by atoms with E-state index in [1.807, 2.05) is 0 Å². The number of benzene rings is 2. The second kappa shape index (κ2) is 9.08. The number of hydrogen-bond acceptors (Lipinski definition) is 5. The summed E-state index contributed by atoms with van der Waals surface area (Å²) in [4.78, 5) is 8.31. The minimum absolute atomic E-state index is 0.0662. The molecule has 1 fully saturated rings. The molecule has 7 nitrogen and oxygen atoms in total. The Morgan fingerprint density at radius 3 is 2.42 bits per heavy atom. The van der Waals surface area contributed by atoms with Crippen LogP contribution in [0.4, 0.5) is 0 Å². The highest BCUT2D eigenvalue weighted by Crippen LogP contribution is 2.43. The fourth-order valence-electron chi connectivity index (χ4n) is 5.72. The highest BCUT2D eigenvalue weighted by molar-refractivity contribution is 5.83. The number of aromatic nitrogens is 5. The number of fused-ring (bicyclic) bond motifs is 1. The lowest BCUT2D eigenvalue weighted by atomic mass is 9.73. The van der Waals surface area contributed by atoms with Gasteiger partial charge in [0.1, 0.15) is 0 Å². The summed E-state index contributed by atoms with van der Waals surface area (Å²) in [6, 6.07) is 20.0. The van der Waals surface area contributed by atoms with Gasteiger partial charge in [-0.2, -0.15) is 5.21 Å². The van der Waals surface area contributed by atoms with Gasteiger partial charge in [-0.25, -0.2) is 0 Å². The lowest BCUT2D eigenvalue weighted by Gasteiger charge is -2.48. The molecule has 0 aliphatic heterocycles. The van der Waals surface area contributed by atoms with Crippen LogP contribution < -0.4 is 0 Å². The predicted octanol–water partition coefficient (Wildman–Crippen LogP) is 4.30. The Labute approximate surface area is 195 Å². The van der Waals surface area contributed by atoms with Crippen LogP contribution >= 0.6 is 0 Å². The predicted molar refractivity (Wildman–Crippen MR) is 131 cm³/mol. The molecule has 5 rings (SSSR count). The van der Waals surface area contributed by atoms with Crippen molar-refractivity contribution < 1.29 is 0 Å². The van der Waals surface area contributed by atoms with E-state index in [0.717, 1.165) is 37.9 Å². The van der Waals surface area contributed by atoms with Crippen molar-refractivity contribution in [3.05, 3.63) is 77.7 Å². The van der Waals surface area contributed by atoms with E-state index in [0.29, 0.717) is 6.04 Å². The van der Waals surface area contributed by atoms with Gasteiger partial charge in [0.2, 0.25) is 0 Å². The number of likely N-dealkylation sites (N-methyl/N-ethyl adjacent to an activating group) is 1. The molecule has 0 bridgehead atoms. The third kappa shape index (κ3) is 4.07. The first-order valence-corrected chi connectivity index (χ1v) is 11.8. The highest BCUT2D eigenvalue weighted by Gasteiger charge is 2.41. The van der Waals surface area contributed by atoms with Crippen molar-refractivity contribution in [3.63, 3.8) is 0 Å². The molecule has 1 aliphatic carbocycles. The standard InChI is InChI=1S/C26H33N7/c1-32(2)26(20-9-5-4-6-10-20)15-13-21(14-16-26)33(3)24(25-28-30-31-29-25)17-19-18-27-23-12-8-7-11-22(19)23/h4-12,18,21,24,27H,13-17H2,1-3H3,(H,28,29,30,31). The molecular formula is C26H33N7.